The van der Waals surface area contributed by atoms with Gasteiger partial charge in [0.05, 0.1) is 10.3 Å². The Balaban J connectivity index is 1.56. The molecule has 0 saturated carbocycles. The number of amides is 1. The Morgan fingerprint density at radius 3 is 2.72 bits per heavy atom. The lowest BCUT2D eigenvalue weighted by Crippen LogP contribution is -2.22. The van der Waals surface area contributed by atoms with Crippen LogP contribution in [0.25, 0.3) is 0 Å². The number of thioether (sulfide) groups is 1. The minimum Gasteiger partial charge on any atom is -0.330 e. The van der Waals surface area contributed by atoms with Gasteiger partial charge in [-0.25, -0.2) is 4.98 Å². The van der Waals surface area contributed by atoms with Gasteiger partial charge in [-0.05, 0) is 31.2 Å². The predicted molar refractivity (Wildman–Crippen MR) is 103 cm³/mol. The monoisotopic (exact) mass is 391 g/mol. The van der Waals surface area contributed by atoms with Gasteiger partial charge in [0, 0.05) is 11.9 Å². The van der Waals surface area contributed by atoms with E-state index < -0.39 is 0 Å². The number of nitrogens with one attached hydrogen (secondary N) is 2. The number of nitrogens with zero attached hydrogens (tertiary/aromatic N) is 3. The number of aromatic nitrogens is 3. The molecular formula is C16H14ClN5OS2. The van der Waals surface area contributed by atoms with Crippen LogP contribution in [0, 0.1) is 0 Å². The fourth-order valence-corrected chi connectivity index (χ4v) is 3.86. The van der Waals surface area contributed by atoms with E-state index in [1.54, 1.807) is 12.1 Å². The lowest BCUT2D eigenvalue weighted by atomic mass is 10.3. The summed E-state index contributed by atoms with van der Waals surface area (Å²) in [4.78, 5) is 16.3. The number of pyridine rings is 1. The van der Waals surface area contributed by atoms with E-state index in [1.807, 2.05) is 37.3 Å². The van der Waals surface area contributed by atoms with Crippen LogP contribution in [0.3, 0.4) is 0 Å². The van der Waals surface area contributed by atoms with Crippen molar-refractivity contribution in [3.05, 3.63) is 53.7 Å². The fraction of sp³-hybridized carbons (Fsp3) is 0.125. The van der Waals surface area contributed by atoms with Gasteiger partial charge in [-0.1, -0.05) is 52.9 Å². The first-order chi connectivity index (χ1) is 12.1. The first-order valence-electron chi connectivity index (χ1n) is 7.35. The zero-order chi connectivity index (χ0) is 17.6. The maximum absolute atomic E-state index is 12.2. The second kappa shape index (κ2) is 8.28. The molecule has 3 rings (SSSR count). The Kier molecular flexibility index (Phi) is 5.85. The van der Waals surface area contributed by atoms with Gasteiger partial charge in [0.25, 0.3) is 0 Å². The Labute approximate surface area is 158 Å². The molecule has 2 aromatic heterocycles. The summed E-state index contributed by atoms with van der Waals surface area (Å²) < 4.78 is 0.713. The molecule has 0 radical (unpaired) electrons. The molecule has 6 nitrogen and oxygen atoms in total. The second-order valence-electron chi connectivity index (χ2n) is 4.98. The van der Waals surface area contributed by atoms with Gasteiger partial charge in [0.1, 0.15) is 5.82 Å². The van der Waals surface area contributed by atoms with E-state index in [9.17, 15) is 4.79 Å². The molecule has 0 aliphatic heterocycles. The number of halogens is 1. The molecule has 2 N–H and O–H groups in total. The Morgan fingerprint density at radius 1 is 1.20 bits per heavy atom. The number of hydrogen-bond acceptors (Lipinski definition) is 7. The molecule has 1 aromatic carbocycles. The number of para-hydroxylation sites is 1. The number of hydrogen-bond donors (Lipinski definition) is 2. The van der Waals surface area contributed by atoms with Crippen LogP contribution < -0.4 is 10.6 Å². The molecular weight excluding hydrogens is 378 g/mol. The van der Waals surface area contributed by atoms with Crippen molar-refractivity contribution < 1.29 is 4.79 Å². The zero-order valence-electron chi connectivity index (χ0n) is 13.1. The normalized spacial score (nSPS) is 11.8. The SMILES string of the molecule is C[C@H](Sc1nnc(Nc2ccccc2)s1)C(=O)Nc1ccc(Cl)cn1. The summed E-state index contributed by atoms with van der Waals surface area (Å²) in [5, 5.41) is 15.0. The number of anilines is 3. The van der Waals surface area contributed by atoms with E-state index in [1.165, 1.54) is 29.3 Å². The van der Waals surface area contributed by atoms with Crippen LogP contribution in [0.2, 0.25) is 5.02 Å². The molecule has 0 aliphatic rings. The molecule has 1 amide bonds. The summed E-state index contributed by atoms with van der Waals surface area (Å²) in [6.07, 6.45) is 1.49. The van der Waals surface area contributed by atoms with E-state index >= 15 is 0 Å². The largest absolute Gasteiger partial charge is 0.330 e. The van der Waals surface area contributed by atoms with Gasteiger partial charge in [-0.3, -0.25) is 4.79 Å². The van der Waals surface area contributed by atoms with Crippen LogP contribution in [-0.2, 0) is 4.79 Å². The third kappa shape index (κ3) is 5.15. The minimum atomic E-state index is -0.338. The summed E-state index contributed by atoms with van der Waals surface area (Å²) >= 11 is 8.52. The Morgan fingerprint density at radius 2 is 2.00 bits per heavy atom. The molecule has 3 aromatic rings. The maximum Gasteiger partial charge on any atom is 0.238 e. The molecule has 2 heterocycles. The number of carbonyl (C=O) groups excluding carboxylic acids is 1. The maximum atomic E-state index is 12.2. The molecule has 128 valence electrons. The Hall–Kier alpha value is -2.16. The van der Waals surface area contributed by atoms with Crippen LogP contribution >= 0.6 is 34.7 Å². The lowest BCUT2D eigenvalue weighted by Gasteiger charge is -2.09. The van der Waals surface area contributed by atoms with Crippen molar-refractivity contribution >= 4 is 57.2 Å². The summed E-state index contributed by atoms with van der Waals surface area (Å²) in [5.41, 5.74) is 0.940. The van der Waals surface area contributed by atoms with Crippen molar-refractivity contribution in [1.29, 1.82) is 0 Å². The molecule has 1 atom stereocenters. The summed E-state index contributed by atoms with van der Waals surface area (Å²) in [6, 6.07) is 13.1. The van der Waals surface area contributed by atoms with Gasteiger partial charge in [-0.2, -0.15) is 0 Å². The molecule has 0 aliphatic carbocycles. The summed E-state index contributed by atoms with van der Waals surface area (Å²) in [7, 11) is 0. The quantitative estimate of drug-likeness (QED) is 0.604. The highest BCUT2D eigenvalue weighted by Crippen LogP contribution is 2.30. The van der Waals surface area contributed by atoms with Crippen molar-refractivity contribution in [2.24, 2.45) is 0 Å². The van der Waals surface area contributed by atoms with E-state index in [0.717, 1.165) is 5.69 Å². The predicted octanol–water partition coefficient (Wildman–Crippen LogP) is 4.45. The fourth-order valence-electron chi connectivity index (χ4n) is 1.84. The smallest absolute Gasteiger partial charge is 0.238 e. The number of carbonyl (C=O) groups is 1. The van der Waals surface area contributed by atoms with Crippen LogP contribution in [0.1, 0.15) is 6.92 Å². The van der Waals surface area contributed by atoms with Crippen molar-refractivity contribution in [2.75, 3.05) is 10.6 Å². The Bertz CT molecular complexity index is 841. The molecule has 0 spiro atoms. The van der Waals surface area contributed by atoms with Crippen LogP contribution in [0.5, 0.6) is 0 Å². The third-order valence-corrected chi connectivity index (χ3v) is 5.30. The molecule has 0 saturated heterocycles. The van der Waals surface area contributed by atoms with E-state index in [-0.39, 0.29) is 11.2 Å². The number of rotatable bonds is 6. The topological polar surface area (TPSA) is 79.8 Å². The van der Waals surface area contributed by atoms with Crippen molar-refractivity contribution in [3.8, 4) is 0 Å². The third-order valence-electron chi connectivity index (χ3n) is 3.06. The van der Waals surface area contributed by atoms with Gasteiger partial charge in [0.2, 0.25) is 11.0 Å². The average Bonchev–Trinajstić information content (AvgIpc) is 3.04. The first kappa shape index (κ1) is 17.7. The highest BCUT2D eigenvalue weighted by Gasteiger charge is 2.17. The lowest BCUT2D eigenvalue weighted by molar-refractivity contribution is -0.115. The highest BCUT2D eigenvalue weighted by atomic mass is 35.5. The second-order valence-corrected chi connectivity index (χ2v) is 7.98. The van der Waals surface area contributed by atoms with E-state index in [2.05, 4.69) is 25.8 Å². The van der Waals surface area contributed by atoms with Crippen molar-refractivity contribution in [3.63, 3.8) is 0 Å². The van der Waals surface area contributed by atoms with E-state index in [4.69, 9.17) is 11.6 Å². The molecule has 25 heavy (non-hydrogen) atoms. The molecule has 0 unspecified atom stereocenters. The van der Waals surface area contributed by atoms with Gasteiger partial charge >= 0.3 is 0 Å². The first-order valence-corrected chi connectivity index (χ1v) is 9.42. The standard InChI is InChI=1S/C16H14ClN5OS2/c1-10(14(23)20-13-8-7-11(17)9-18-13)24-16-22-21-15(25-16)19-12-5-3-2-4-6-12/h2-10H,1H3,(H,19,21)(H,18,20,23)/t10-/m0/s1. The number of benzene rings is 1. The van der Waals surface area contributed by atoms with Crippen molar-refractivity contribution in [2.45, 2.75) is 16.5 Å². The van der Waals surface area contributed by atoms with Crippen LogP contribution in [0.15, 0.2) is 53.0 Å². The summed E-state index contributed by atoms with van der Waals surface area (Å²) in [5.74, 6) is 0.304. The minimum absolute atomic E-state index is 0.160. The highest BCUT2D eigenvalue weighted by molar-refractivity contribution is 8.02. The average molecular weight is 392 g/mol. The van der Waals surface area contributed by atoms with Crippen LogP contribution in [-0.4, -0.2) is 26.3 Å². The molecule has 9 heteroatoms. The van der Waals surface area contributed by atoms with Gasteiger partial charge in [-0.15, -0.1) is 10.2 Å². The molecule has 0 fully saturated rings. The zero-order valence-corrected chi connectivity index (χ0v) is 15.5. The van der Waals surface area contributed by atoms with Gasteiger partial charge < -0.3 is 10.6 Å². The van der Waals surface area contributed by atoms with E-state index in [0.29, 0.717) is 20.3 Å². The molecule has 0 bridgehead atoms. The van der Waals surface area contributed by atoms with Crippen molar-refractivity contribution in [1.82, 2.24) is 15.2 Å². The van der Waals surface area contributed by atoms with Crippen LogP contribution in [0.4, 0.5) is 16.6 Å². The van der Waals surface area contributed by atoms with Gasteiger partial charge in [0.15, 0.2) is 4.34 Å². The summed E-state index contributed by atoms with van der Waals surface area (Å²) in [6.45, 7) is 1.81.